The first-order valence-electron chi connectivity index (χ1n) is 4.03. The molecule has 0 saturated carbocycles. The SMILES string of the molecule is Cn1cncc1CC(CN)C(=O)O. The number of nitrogens with two attached hydrogens (primary N) is 1. The van der Waals surface area contributed by atoms with Gasteiger partial charge in [0.2, 0.25) is 0 Å². The summed E-state index contributed by atoms with van der Waals surface area (Å²) >= 11 is 0. The van der Waals surface area contributed by atoms with Gasteiger partial charge in [0, 0.05) is 31.9 Å². The lowest BCUT2D eigenvalue weighted by Gasteiger charge is -2.08. The summed E-state index contributed by atoms with van der Waals surface area (Å²) in [6.07, 6.45) is 3.73. The Hall–Kier alpha value is -1.36. The lowest BCUT2D eigenvalue weighted by Crippen LogP contribution is -2.26. The fraction of sp³-hybridized carbons (Fsp3) is 0.500. The molecule has 1 heterocycles. The highest BCUT2D eigenvalue weighted by Gasteiger charge is 2.17. The molecule has 13 heavy (non-hydrogen) atoms. The van der Waals surface area contributed by atoms with E-state index < -0.39 is 11.9 Å². The van der Waals surface area contributed by atoms with E-state index in [1.165, 1.54) is 0 Å². The molecule has 0 spiro atoms. The van der Waals surface area contributed by atoms with Gasteiger partial charge in [-0.05, 0) is 0 Å². The standard InChI is InChI=1S/C8H13N3O2/c1-11-5-10-4-7(11)2-6(3-9)8(12)13/h4-6H,2-3,9H2,1H3,(H,12,13). The Morgan fingerprint density at radius 2 is 2.54 bits per heavy atom. The highest BCUT2D eigenvalue weighted by atomic mass is 16.4. The van der Waals surface area contributed by atoms with Crippen LogP contribution in [0.5, 0.6) is 0 Å². The number of imidazole rings is 1. The molecule has 1 atom stereocenters. The number of carbonyl (C=O) groups is 1. The summed E-state index contributed by atoms with van der Waals surface area (Å²) in [6, 6.07) is 0. The minimum absolute atomic E-state index is 0.153. The maximum atomic E-state index is 10.7. The molecule has 5 heteroatoms. The average Bonchev–Trinajstić information content (AvgIpc) is 2.46. The van der Waals surface area contributed by atoms with Crippen LogP contribution in [-0.2, 0) is 18.3 Å². The van der Waals surface area contributed by atoms with Crippen LogP contribution in [0.3, 0.4) is 0 Å². The van der Waals surface area contributed by atoms with Crippen molar-refractivity contribution in [1.29, 1.82) is 0 Å². The minimum atomic E-state index is -0.858. The monoisotopic (exact) mass is 183 g/mol. The number of carboxylic acids is 1. The second kappa shape index (κ2) is 4.04. The first-order valence-corrected chi connectivity index (χ1v) is 4.03. The van der Waals surface area contributed by atoms with Crippen molar-refractivity contribution in [2.24, 2.45) is 18.7 Å². The van der Waals surface area contributed by atoms with Gasteiger partial charge in [0.05, 0.1) is 12.2 Å². The van der Waals surface area contributed by atoms with E-state index in [1.54, 1.807) is 17.1 Å². The lowest BCUT2D eigenvalue weighted by atomic mass is 10.0. The summed E-state index contributed by atoms with van der Waals surface area (Å²) in [6.45, 7) is 0.153. The summed E-state index contributed by atoms with van der Waals surface area (Å²) in [4.78, 5) is 14.6. The fourth-order valence-corrected chi connectivity index (χ4v) is 1.11. The number of aryl methyl sites for hydroxylation is 1. The van der Waals surface area contributed by atoms with Crippen LogP contribution in [0.15, 0.2) is 12.5 Å². The van der Waals surface area contributed by atoms with Gasteiger partial charge in [0.1, 0.15) is 0 Å². The summed E-state index contributed by atoms with van der Waals surface area (Å²) in [5.41, 5.74) is 6.22. The first kappa shape index (κ1) is 9.73. The van der Waals surface area contributed by atoms with Crippen molar-refractivity contribution in [2.75, 3.05) is 6.54 Å². The fourth-order valence-electron chi connectivity index (χ4n) is 1.11. The number of aliphatic carboxylic acids is 1. The third-order valence-corrected chi connectivity index (χ3v) is 2.01. The number of nitrogens with zero attached hydrogens (tertiary/aromatic N) is 2. The third kappa shape index (κ3) is 2.29. The van der Waals surface area contributed by atoms with E-state index in [1.807, 2.05) is 7.05 Å². The molecule has 5 nitrogen and oxygen atoms in total. The van der Waals surface area contributed by atoms with Gasteiger partial charge in [-0.25, -0.2) is 4.98 Å². The Labute approximate surface area is 76.2 Å². The highest BCUT2D eigenvalue weighted by Crippen LogP contribution is 2.06. The van der Waals surface area contributed by atoms with Crippen molar-refractivity contribution in [3.63, 3.8) is 0 Å². The van der Waals surface area contributed by atoms with Crippen molar-refractivity contribution < 1.29 is 9.90 Å². The molecule has 0 radical (unpaired) electrons. The molecule has 1 aromatic heterocycles. The molecular formula is C8H13N3O2. The molecule has 0 aliphatic carbocycles. The van der Waals surface area contributed by atoms with Gasteiger partial charge in [-0.2, -0.15) is 0 Å². The van der Waals surface area contributed by atoms with Crippen LogP contribution in [0.2, 0.25) is 0 Å². The Bertz CT molecular complexity index is 295. The molecular weight excluding hydrogens is 170 g/mol. The van der Waals surface area contributed by atoms with Crippen molar-refractivity contribution >= 4 is 5.97 Å². The number of hydrogen-bond donors (Lipinski definition) is 2. The largest absolute Gasteiger partial charge is 0.481 e. The van der Waals surface area contributed by atoms with Crippen LogP contribution in [-0.4, -0.2) is 27.2 Å². The zero-order valence-electron chi connectivity index (χ0n) is 7.47. The average molecular weight is 183 g/mol. The minimum Gasteiger partial charge on any atom is -0.481 e. The summed E-state index contributed by atoms with van der Waals surface area (Å²) in [7, 11) is 1.83. The van der Waals surface area contributed by atoms with E-state index in [9.17, 15) is 4.79 Å². The quantitative estimate of drug-likeness (QED) is 0.666. The molecule has 0 aromatic carbocycles. The predicted molar refractivity (Wildman–Crippen MR) is 47.1 cm³/mol. The number of hydrogen-bond acceptors (Lipinski definition) is 3. The smallest absolute Gasteiger partial charge is 0.308 e. The van der Waals surface area contributed by atoms with Gasteiger partial charge in [-0.1, -0.05) is 0 Å². The van der Waals surface area contributed by atoms with E-state index in [0.717, 1.165) is 5.69 Å². The molecule has 72 valence electrons. The second-order valence-electron chi connectivity index (χ2n) is 2.97. The Morgan fingerprint density at radius 1 is 1.85 bits per heavy atom. The van der Waals surface area contributed by atoms with Crippen molar-refractivity contribution in [3.8, 4) is 0 Å². The summed E-state index contributed by atoms with van der Waals surface area (Å²) < 4.78 is 1.80. The number of carboxylic acid groups (broad SMARTS) is 1. The molecule has 0 aliphatic rings. The van der Waals surface area contributed by atoms with Gasteiger partial charge in [-0.3, -0.25) is 4.79 Å². The topological polar surface area (TPSA) is 81.1 Å². The predicted octanol–water partition coefficient (Wildman–Crippen LogP) is -0.378. The van der Waals surface area contributed by atoms with E-state index in [0.29, 0.717) is 6.42 Å². The molecule has 0 amide bonds. The molecule has 0 fully saturated rings. The Balaban J connectivity index is 2.67. The van der Waals surface area contributed by atoms with Gasteiger partial charge in [-0.15, -0.1) is 0 Å². The van der Waals surface area contributed by atoms with Crippen LogP contribution >= 0.6 is 0 Å². The molecule has 0 aliphatic heterocycles. The van der Waals surface area contributed by atoms with Crippen LogP contribution in [0.25, 0.3) is 0 Å². The highest BCUT2D eigenvalue weighted by molar-refractivity contribution is 5.70. The zero-order valence-corrected chi connectivity index (χ0v) is 7.47. The first-order chi connectivity index (χ1) is 6.15. The zero-order chi connectivity index (χ0) is 9.84. The van der Waals surface area contributed by atoms with Crippen LogP contribution in [0.1, 0.15) is 5.69 Å². The van der Waals surface area contributed by atoms with Gasteiger partial charge < -0.3 is 15.4 Å². The van der Waals surface area contributed by atoms with Gasteiger partial charge in [0.15, 0.2) is 0 Å². The van der Waals surface area contributed by atoms with Crippen LogP contribution in [0.4, 0.5) is 0 Å². The summed E-state index contributed by atoms with van der Waals surface area (Å²) in [5, 5.41) is 8.75. The molecule has 3 N–H and O–H groups in total. The normalized spacial score (nSPS) is 12.8. The number of rotatable bonds is 4. The van der Waals surface area contributed by atoms with E-state index in [-0.39, 0.29) is 6.54 Å². The molecule has 1 unspecified atom stereocenters. The van der Waals surface area contributed by atoms with Gasteiger partial charge >= 0.3 is 5.97 Å². The summed E-state index contributed by atoms with van der Waals surface area (Å²) in [5.74, 6) is -1.38. The number of aromatic nitrogens is 2. The van der Waals surface area contributed by atoms with Crippen molar-refractivity contribution in [1.82, 2.24) is 9.55 Å². The van der Waals surface area contributed by atoms with E-state index >= 15 is 0 Å². The molecule has 0 saturated heterocycles. The Kier molecular flexibility index (Phi) is 3.02. The maximum absolute atomic E-state index is 10.7. The van der Waals surface area contributed by atoms with E-state index in [4.69, 9.17) is 10.8 Å². The molecule has 1 rings (SSSR count). The molecule has 0 bridgehead atoms. The maximum Gasteiger partial charge on any atom is 0.308 e. The van der Waals surface area contributed by atoms with Crippen molar-refractivity contribution in [3.05, 3.63) is 18.2 Å². The second-order valence-corrected chi connectivity index (χ2v) is 2.97. The lowest BCUT2D eigenvalue weighted by molar-refractivity contribution is -0.141. The van der Waals surface area contributed by atoms with Crippen LogP contribution in [0, 0.1) is 5.92 Å². The van der Waals surface area contributed by atoms with Crippen LogP contribution < -0.4 is 5.73 Å². The van der Waals surface area contributed by atoms with E-state index in [2.05, 4.69) is 4.98 Å². The van der Waals surface area contributed by atoms with Gasteiger partial charge in [0.25, 0.3) is 0 Å². The molecule has 1 aromatic rings. The third-order valence-electron chi connectivity index (χ3n) is 2.01. The van der Waals surface area contributed by atoms with Crippen molar-refractivity contribution in [2.45, 2.75) is 6.42 Å². The Morgan fingerprint density at radius 3 is 2.92 bits per heavy atom.